The van der Waals surface area contributed by atoms with Gasteiger partial charge in [0.15, 0.2) is 23.0 Å². The second-order valence-corrected chi connectivity index (χ2v) is 15.1. The van der Waals surface area contributed by atoms with Gasteiger partial charge in [-0.2, -0.15) is 0 Å². The summed E-state index contributed by atoms with van der Waals surface area (Å²) in [6.45, 7) is 1.46. The van der Waals surface area contributed by atoms with Crippen LogP contribution in [0.4, 0.5) is 0 Å². The first-order valence-electron chi connectivity index (χ1n) is 18.6. The zero-order valence-corrected chi connectivity index (χ0v) is 29.9. The number of rotatable bonds is 7. The van der Waals surface area contributed by atoms with Gasteiger partial charge in [0.1, 0.15) is 12.2 Å². The fourth-order valence-electron chi connectivity index (χ4n) is 9.92. The highest BCUT2D eigenvalue weighted by molar-refractivity contribution is 5.72. The number of allylic oxidation sites excluding steroid dienone is 1. The third-order valence-corrected chi connectivity index (χ3v) is 12.3. The molecule has 7 rings (SSSR count). The molecule has 270 valence electrons. The molecule has 2 N–H and O–H groups in total. The van der Waals surface area contributed by atoms with Gasteiger partial charge in [-0.25, -0.2) is 0 Å². The van der Waals surface area contributed by atoms with Gasteiger partial charge in [0.25, 0.3) is 0 Å². The molecule has 0 unspecified atom stereocenters. The van der Waals surface area contributed by atoms with Crippen molar-refractivity contribution < 1.29 is 38.7 Å². The molecule has 3 aromatic rings. The summed E-state index contributed by atoms with van der Waals surface area (Å²) in [5.41, 5.74) is 4.81. The van der Waals surface area contributed by atoms with E-state index < -0.39 is 17.6 Å². The van der Waals surface area contributed by atoms with Crippen LogP contribution in [0, 0.1) is 23.2 Å². The van der Waals surface area contributed by atoms with E-state index in [1.54, 1.807) is 14.2 Å². The lowest BCUT2D eigenvalue weighted by atomic mass is 9.49. The molecular formula is C43H50O8. The third-order valence-electron chi connectivity index (χ3n) is 12.3. The maximum atomic E-state index is 13.8. The van der Waals surface area contributed by atoms with Crippen molar-refractivity contribution in [1.82, 2.24) is 0 Å². The second kappa shape index (κ2) is 14.6. The molecule has 0 aromatic heterocycles. The minimum Gasteiger partial charge on any atom is -0.504 e. The van der Waals surface area contributed by atoms with Gasteiger partial charge < -0.3 is 29.2 Å². The highest BCUT2D eigenvalue weighted by atomic mass is 16.6. The van der Waals surface area contributed by atoms with E-state index in [2.05, 4.69) is 24.3 Å². The van der Waals surface area contributed by atoms with Crippen molar-refractivity contribution in [2.24, 2.45) is 23.2 Å². The number of carbonyl (C=O) groups excluding carboxylic acids is 2. The van der Waals surface area contributed by atoms with Crippen LogP contribution in [-0.2, 0) is 38.3 Å². The van der Waals surface area contributed by atoms with Crippen LogP contribution < -0.4 is 9.47 Å². The lowest BCUT2D eigenvalue weighted by Gasteiger charge is -2.56. The first-order chi connectivity index (χ1) is 24.7. The average molecular weight is 695 g/mol. The van der Waals surface area contributed by atoms with E-state index in [1.807, 2.05) is 42.5 Å². The Morgan fingerprint density at radius 2 is 1.51 bits per heavy atom. The molecule has 3 aromatic carbocycles. The number of aromatic hydroxyl groups is 2. The Balaban J connectivity index is 1.42. The number of phenolic OH excluding ortho intramolecular Hbond substituents is 2. The van der Waals surface area contributed by atoms with Crippen LogP contribution >= 0.6 is 0 Å². The first kappa shape index (κ1) is 35.0. The van der Waals surface area contributed by atoms with Crippen molar-refractivity contribution in [2.45, 2.75) is 95.7 Å². The number of carbonyl (C=O) groups is 2. The molecule has 4 aliphatic carbocycles. The summed E-state index contributed by atoms with van der Waals surface area (Å²) in [5.74, 6) is 0.222. The molecule has 0 spiro atoms. The monoisotopic (exact) mass is 694 g/mol. The Hall–Kier alpha value is -4.46. The van der Waals surface area contributed by atoms with E-state index in [4.69, 9.17) is 18.9 Å². The van der Waals surface area contributed by atoms with Crippen molar-refractivity contribution >= 4 is 18.0 Å². The number of methoxy groups -OCH3 is 2. The maximum Gasteiger partial charge on any atom is 0.309 e. The van der Waals surface area contributed by atoms with E-state index in [-0.39, 0.29) is 47.1 Å². The summed E-state index contributed by atoms with van der Waals surface area (Å²) in [4.78, 5) is 26.7. The van der Waals surface area contributed by atoms with E-state index in [9.17, 15) is 19.8 Å². The Kier molecular flexibility index (Phi) is 10.0. The van der Waals surface area contributed by atoms with E-state index >= 15 is 0 Å². The molecule has 51 heavy (non-hydrogen) atoms. The summed E-state index contributed by atoms with van der Waals surface area (Å²) < 4.78 is 24.0. The number of hydrogen-bond acceptors (Lipinski definition) is 8. The smallest absolute Gasteiger partial charge is 0.309 e. The van der Waals surface area contributed by atoms with Crippen molar-refractivity contribution in [3.05, 3.63) is 88.5 Å². The van der Waals surface area contributed by atoms with Crippen LogP contribution in [0.3, 0.4) is 0 Å². The summed E-state index contributed by atoms with van der Waals surface area (Å²) in [6, 6.07) is 17.8. The molecule has 8 nitrogen and oxygen atoms in total. The average Bonchev–Trinajstić information content (AvgIpc) is 3.13. The predicted molar refractivity (Wildman–Crippen MR) is 194 cm³/mol. The molecule has 0 heterocycles. The fraction of sp³-hybridized carbons (Fsp3) is 0.488. The van der Waals surface area contributed by atoms with Crippen LogP contribution in [0.1, 0.15) is 92.0 Å². The van der Waals surface area contributed by atoms with Gasteiger partial charge in [0.05, 0.1) is 20.1 Å². The van der Waals surface area contributed by atoms with E-state index in [0.29, 0.717) is 37.2 Å². The van der Waals surface area contributed by atoms with Crippen LogP contribution in [-0.4, -0.2) is 48.6 Å². The highest BCUT2D eigenvalue weighted by Gasteiger charge is 2.56. The van der Waals surface area contributed by atoms with Crippen molar-refractivity contribution in [3.63, 3.8) is 0 Å². The normalized spacial score (nSPS) is 27.5. The number of benzene rings is 3. The third kappa shape index (κ3) is 6.94. The zero-order valence-electron chi connectivity index (χ0n) is 29.9. The molecule has 2 fully saturated rings. The minimum atomic E-state index is -0.531. The summed E-state index contributed by atoms with van der Waals surface area (Å²) in [6.07, 6.45) is 12.1. The largest absolute Gasteiger partial charge is 0.504 e. The van der Waals surface area contributed by atoms with Gasteiger partial charge in [-0.3, -0.25) is 9.59 Å². The van der Waals surface area contributed by atoms with Gasteiger partial charge in [-0.1, -0.05) is 61.7 Å². The number of phenols is 2. The molecule has 0 amide bonds. The number of hydrogen-bond donors (Lipinski definition) is 2. The van der Waals surface area contributed by atoms with Gasteiger partial charge >= 0.3 is 11.9 Å². The second-order valence-electron chi connectivity index (χ2n) is 15.1. The van der Waals surface area contributed by atoms with E-state index in [0.717, 1.165) is 72.8 Å². The molecule has 8 heteroatoms. The minimum absolute atomic E-state index is 0.0378. The van der Waals surface area contributed by atoms with Gasteiger partial charge in [-0.05, 0) is 109 Å². The Bertz CT molecular complexity index is 1780. The standard InChI is InChI=1S/C43H50O8/c1-26(44)50-39-23-32(51-42(47)28-12-8-5-9-13-28)22-34-33-24-41(49-3)37(45)19-29(33)14-15-35(34)43(17-16-27-10-6-4-7-11-27)25-31-20-38(46)40(48-2)21-30(31)18-36(39)43/h4,6-7,10-11,16-17,19-21,24,28,32,34-36,39,45-46H,5,8-9,12-15,18,22-23,25H2,1-3H3/t32-,34+,35-,36+,39-,43-/m0/s1. The van der Waals surface area contributed by atoms with Crippen molar-refractivity contribution in [1.29, 1.82) is 0 Å². The predicted octanol–water partition coefficient (Wildman–Crippen LogP) is 8.09. The number of ether oxygens (including phenoxy) is 4. The number of aryl methyl sites for hydroxylation is 1. The zero-order chi connectivity index (χ0) is 35.7. The van der Waals surface area contributed by atoms with Crippen molar-refractivity contribution in [3.8, 4) is 23.0 Å². The Morgan fingerprint density at radius 1 is 0.804 bits per heavy atom. The number of esters is 2. The van der Waals surface area contributed by atoms with Gasteiger partial charge in [0, 0.05) is 24.7 Å². The lowest BCUT2D eigenvalue weighted by Crippen LogP contribution is -2.54. The molecule has 0 bridgehead atoms. The van der Waals surface area contributed by atoms with Gasteiger partial charge in [0.2, 0.25) is 0 Å². The summed E-state index contributed by atoms with van der Waals surface area (Å²) in [7, 11) is 3.12. The SMILES string of the molecule is COc1cc2c(cc1O)C[C@]1(C=Cc3ccccc3)[C@H](C2)[C@@H](OC(C)=O)C[C@@H](OC(=O)C2CCCCC2)C[C@@H]2c3cc(OC)c(O)cc3CC[C@@H]21. The molecule has 0 saturated heterocycles. The fourth-order valence-corrected chi connectivity index (χ4v) is 9.92. The molecule has 4 aliphatic rings. The molecular weight excluding hydrogens is 644 g/mol. The number of fused-ring (bicyclic) bond motifs is 6. The quantitative estimate of drug-likeness (QED) is 0.239. The molecule has 0 radical (unpaired) electrons. The first-order valence-corrected chi connectivity index (χ1v) is 18.6. The van der Waals surface area contributed by atoms with Crippen LogP contribution in [0.2, 0.25) is 0 Å². The Morgan fingerprint density at radius 3 is 2.22 bits per heavy atom. The van der Waals surface area contributed by atoms with E-state index in [1.165, 1.54) is 6.92 Å². The molecule has 6 atom stereocenters. The van der Waals surface area contributed by atoms with Crippen LogP contribution in [0.15, 0.2) is 60.7 Å². The van der Waals surface area contributed by atoms with Crippen LogP contribution in [0.5, 0.6) is 23.0 Å². The highest BCUT2D eigenvalue weighted by Crippen LogP contribution is 2.60. The Labute approximate surface area is 300 Å². The van der Waals surface area contributed by atoms with Crippen LogP contribution in [0.25, 0.3) is 6.08 Å². The molecule has 0 aliphatic heterocycles. The van der Waals surface area contributed by atoms with Gasteiger partial charge in [-0.15, -0.1) is 0 Å². The lowest BCUT2D eigenvalue weighted by molar-refractivity contribution is -0.167. The summed E-state index contributed by atoms with van der Waals surface area (Å²) in [5, 5.41) is 21.8. The molecule has 2 saturated carbocycles. The summed E-state index contributed by atoms with van der Waals surface area (Å²) >= 11 is 0. The van der Waals surface area contributed by atoms with Crippen molar-refractivity contribution in [2.75, 3.05) is 14.2 Å². The maximum absolute atomic E-state index is 13.8. The topological polar surface area (TPSA) is 112 Å².